The van der Waals surface area contributed by atoms with Crippen LogP contribution in [0, 0.1) is 0 Å². The van der Waals surface area contributed by atoms with Gasteiger partial charge in [0.2, 0.25) is 0 Å². The number of aliphatic hydroxyl groups excluding tert-OH is 1. The first-order valence-electron chi connectivity index (χ1n) is 9.34. The van der Waals surface area contributed by atoms with Gasteiger partial charge in [0, 0.05) is 28.8 Å². The van der Waals surface area contributed by atoms with E-state index in [4.69, 9.17) is 5.11 Å². The second-order valence-corrected chi connectivity index (χ2v) is 7.07. The molecule has 0 bridgehead atoms. The van der Waals surface area contributed by atoms with Gasteiger partial charge < -0.3 is 15.4 Å². The number of allylic oxidation sites excluding steroid dienone is 2. The molecule has 1 aliphatic rings. The Balaban J connectivity index is 0.000000207. The Labute approximate surface area is 195 Å². The van der Waals surface area contributed by atoms with Crippen LogP contribution in [-0.4, -0.2) is 22.0 Å². The lowest BCUT2D eigenvalue weighted by molar-refractivity contribution is 0.280. The Morgan fingerprint density at radius 2 is 1.50 bits per heavy atom. The number of H-pyrrole nitrogens is 1. The molecule has 30 heavy (non-hydrogen) atoms. The van der Waals surface area contributed by atoms with Crippen molar-refractivity contribution in [3.8, 4) is 11.3 Å². The van der Waals surface area contributed by atoms with E-state index < -0.39 is 0 Å². The molecule has 0 atom stereocenters. The van der Waals surface area contributed by atoms with Crippen molar-refractivity contribution < 1.29 is 5.11 Å². The summed E-state index contributed by atoms with van der Waals surface area (Å²) in [5.41, 5.74) is 5.70. The SMILES string of the molecule is Br.BrCC1=CC=C(c2ccccc2)NC1.O=c1[nH]c(-c2ccccc2)ccc1CO. The number of benzene rings is 2. The maximum atomic E-state index is 11.4. The molecule has 1 aliphatic heterocycles. The maximum absolute atomic E-state index is 11.4. The Morgan fingerprint density at radius 3 is 2.00 bits per heavy atom. The van der Waals surface area contributed by atoms with Gasteiger partial charge in [0.25, 0.3) is 5.56 Å². The fourth-order valence-corrected chi connectivity index (χ4v) is 3.24. The van der Waals surface area contributed by atoms with Crippen LogP contribution in [0.2, 0.25) is 0 Å². The fraction of sp³-hybridized carbons (Fsp3) is 0.125. The molecule has 0 saturated carbocycles. The van der Waals surface area contributed by atoms with Crippen LogP contribution in [0.5, 0.6) is 0 Å². The molecule has 0 amide bonds. The number of pyridine rings is 1. The van der Waals surface area contributed by atoms with Crippen molar-refractivity contribution in [3.05, 3.63) is 112 Å². The summed E-state index contributed by atoms with van der Waals surface area (Å²) in [5.74, 6) is 0. The number of aromatic nitrogens is 1. The van der Waals surface area contributed by atoms with E-state index >= 15 is 0 Å². The lowest BCUT2D eigenvalue weighted by Gasteiger charge is -2.16. The van der Waals surface area contributed by atoms with E-state index in [9.17, 15) is 4.79 Å². The van der Waals surface area contributed by atoms with Gasteiger partial charge in [-0.15, -0.1) is 17.0 Å². The number of hydrogen-bond acceptors (Lipinski definition) is 3. The molecule has 0 radical (unpaired) electrons. The minimum Gasteiger partial charge on any atom is -0.391 e. The lowest BCUT2D eigenvalue weighted by Crippen LogP contribution is -2.19. The fourth-order valence-electron chi connectivity index (χ4n) is 2.85. The second-order valence-electron chi connectivity index (χ2n) is 6.51. The molecule has 3 N–H and O–H groups in total. The first-order chi connectivity index (χ1) is 14.2. The normalized spacial score (nSPS) is 12.3. The van der Waals surface area contributed by atoms with Crippen LogP contribution < -0.4 is 10.9 Å². The van der Waals surface area contributed by atoms with Crippen LogP contribution in [-0.2, 0) is 6.61 Å². The van der Waals surface area contributed by atoms with Crippen LogP contribution in [0.25, 0.3) is 17.0 Å². The standard InChI is InChI=1S/C12H12BrN.C12H11NO2.BrH/c13-8-10-6-7-12(14-9-10)11-4-2-1-3-5-11;14-8-10-6-7-11(13-12(10)15)9-4-2-1-3-5-9;/h1-7,14H,8-9H2;1-7,14H,8H2,(H,13,15);1H. The summed E-state index contributed by atoms with van der Waals surface area (Å²) >= 11 is 3.45. The highest BCUT2D eigenvalue weighted by molar-refractivity contribution is 9.09. The van der Waals surface area contributed by atoms with E-state index in [2.05, 4.69) is 62.6 Å². The monoisotopic (exact) mass is 530 g/mol. The Morgan fingerprint density at radius 1 is 0.867 bits per heavy atom. The van der Waals surface area contributed by atoms with Gasteiger partial charge in [-0.25, -0.2) is 0 Å². The number of nitrogens with one attached hydrogen (secondary N) is 2. The number of aliphatic hydroxyl groups is 1. The third-order valence-corrected chi connectivity index (χ3v) is 5.21. The molecule has 0 aliphatic carbocycles. The van der Waals surface area contributed by atoms with Crippen molar-refractivity contribution in [1.82, 2.24) is 10.3 Å². The van der Waals surface area contributed by atoms with Gasteiger partial charge in [-0.1, -0.05) is 82.7 Å². The van der Waals surface area contributed by atoms with Crippen LogP contribution in [0.3, 0.4) is 0 Å². The summed E-state index contributed by atoms with van der Waals surface area (Å²) in [4.78, 5) is 14.2. The van der Waals surface area contributed by atoms with Gasteiger partial charge in [-0.05, 0) is 34.9 Å². The van der Waals surface area contributed by atoms with E-state index in [0.717, 1.165) is 23.1 Å². The minimum absolute atomic E-state index is 0. The average Bonchev–Trinajstić information content (AvgIpc) is 2.81. The van der Waals surface area contributed by atoms with E-state index in [-0.39, 0.29) is 29.1 Å². The number of halogens is 2. The van der Waals surface area contributed by atoms with Crippen molar-refractivity contribution in [2.45, 2.75) is 6.61 Å². The van der Waals surface area contributed by atoms with Crippen molar-refractivity contribution >= 4 is 38.6 Å². The molecular formula is C24H24Br2N2O2. The van der Waals surface area contributed by atoms with E-state index in [1.807, 2.05) is 36.4 Å². The average molecular weight is 532 g/mol. The van der Waals surface area contributed by atoms with Crippen LogP contribution >= 0.6 is 32.9 Å². The van der Waals surface area contributed by atoms with Crippen molar-refractivity contribution in [1.29, 1.82) is 0 Å². The molecule has 3 aromatic rings. The quantitative estimate of drug-likeness (QED) is 0.412. The highest BCUT2D eigenvalue weighted by Crippen LogP contribution is 2.16. The third kappa shape index (κ3) is 6.55. The zero-order valence-corrected chi connectivity index (χ0v) is 19.6. The number of rotatable bonds is 4. The predicted molar refractivity (Wildman–Crippen MR) is 133 cm³/mol. The summed E-state index contributed by atoms with van der Waals surface area (Å²) in [6, 6.07) is 23.4. The first-order valence-corrected chi connectivity index (χ1v) is 10.5. The third-order valence-electron chi connectivity index (χ3n) is 4.49. The zero-order valence-electron chi connectivity index (χ0n) is 16.3. The van der Waals surface area contributed by atoms with Gasteiger partial charge >= 0.3 is 0 Å². The summed E-state index contributed by atoms with van der Waals surface area (Å²) in [7, 11) is 0. The molecule has 6 heteroatoms. The molecule has 1 aromatic heterocycles. The molecule has 2 aromatic carbocycles. The van der Waals surface area contributed by atoms with E-state index in [1.54, 1.807) is 12.1 Å². The van der Waals surface area contributed by atoms with Crippen LogP contribution in [0.4, 0.5) is 0 Å². The van der Waals surface area contributed by atoms with Gasteiger partial charge in [0.05, 0.1) is 6.61 Å². The summed E-state index contributed by atoms with van der Waals surface area (Å²) in [6.45, 7) is 0.705. The largest absolute Gasteiger partial charge is 0.391 e. The lowest BCUT2D eigenvalue weighted by atomic mass is 10.1. The number of dihydropyridines is 1. The highest BCUT2D eigenvalue weighted by atomic mass is 79.9. The van der Waals surface area contributed by atoms with Crippen molar-refractivity contribution in [2.24, 2.45) is 0 Å². The number of hydrogen-bond donors (Lipinski definition) is 3. The highest BCUT2D eigenvalue weighted by Gasteiger charge is 2.05. The summed E-state index contributed by atoms with van der Waals surface area (Å²) < 4.78 is 0. The topological polar surface area (TPSA) is 65.1 Å². The molecule has 2 heterocycles. The van der Waals surface area contributed by atoms with Gasteiger partial charge in [0.1, 0.15) is 0 Å². The molecule has 4 nitrogen and oxygen atoms in total. The molecule has 0 saturated heterocycles. The van der Waals surface area contributed by atoms with Gasteiger partial charge in [-0.2, -0.15) is 0 Å². The molecule has 156 valence electrons. The van der Waals surface area contributed by atoms with Crippen LogP contribution in [0.15, 0.2) is 95.3 Å². The zero-order chi connectivity index (χ0) is 20.5. The van der Waals surface area contributed by atoms with Gasteiger partial charge in [0.15, 0.2) is 0 Å². The first kappa shape index (κ1) is 23.9. The predicted octanol–water partition coefficient (Wildman–Crippen LogP) is 5.06. The van der Waals surface area contributed by atoms with Crippen LogP contribution in [0.1, 0.15) is 11.1 Å². The van der Waals surface area contributed by atoms with Gasteiger partial charge in [-0.3, -0.25) is 4.79 Å². The Bertz CT molecular complexity index is 1050. The Hall–Kier alpha value is -2.41. The Kier molecular flexibility index (Phi) is 9.80. The number of aromatic amines is 1. The molecular weight excluding hydrogens is 508 g/mol. The summed E-state index contributed by atoms with van der Waals surface area (Å²) in [5, 5.41) is 13.2. The van der Waals surface area contributed by atoms with Crippen molar-refractivity contribution in [2.75, 3.05) is 11.9 Å². The second kappa shape index (κ2) is 12.3. The summed E-state index contributed by atoms with van der Waals surface area (Å²) in [6.07, 6.45) is 4.31. The van der Waals surface area contributed by atoms with Crippen molar-refractivity contribution in [3.63, 3.8) is 0 Å². The smallest absolute Gasteiger partial charge is 0.253 e. The van der Waals surface area contributed by atoms with E-state index in [0.29, 0.717) is 5.56 Å². The van der Waals surface area contributed by atoms with E-state index in [1.165, 1.54) is 16.8 Å². The number of alkyl halides is 1. The molecule has 0 spiro atoms. The minimum atomic E-state index is -0.237. The molecule has 0 unspecified atom stereocenters. The maximum Gasteiger partial charge on any atom is 0.253 e. The molecule has 4 rings (SSSR count). The molecule has 0 fully saturated rings.